The highest BCUT2D eigenvalue weighted by atomic mass is 32.2. The summed E-state index contributed by atoms with van der Waals surface area (Å²) in [7, 11) is 0. The van der Waals surface area contributed by atoms with Gasteiger partial charge in [0.15, 0.2) is 0 Å². The first-order valence-corrected chi connectivity index (χ1v) is 7.61. The predicted octanol–water partition coefficient (Wildman–Crippen LogP) is 2.09. The first kappa shape index (κ1) is 11.7. The van der Waals surface area contributed by atoms with Gasteiger partial charge >= 0.3 is 0 Å². The SMILES string of the molecule is NC1CCCCCC1N1CCCSCC1. The van der Waals surface area contributed by atoms with Gasteiger partial charge in [0.2, 0.25) is 0 Å². The number of rotatable bonds is 1. The Morgan fingerprint density at radius 3 is 2.73 bits per heavy atom. The van der Waals surface area contributed by atoms with Crippen LogP contribution in [-0.2, 0) is 0 Å². The van der Waals surface area contributed by atoms with Crippen molar-refractivity contribution in [1.29, 1.82) is 0 Å². The second kappa shape index (κ2) is 6.12. The van der Waals surface area contributed by atoms with Crippen molar-refractivity contribution in [2.75, 3.05) is 24.6 Å². The van der Waals surface area contributed by atoms with Crippen molar-refractivity contribution in [3.8, 4) is 0 Å². The molecular weight excluding hydrogens is 204 g/mol. The van der Waals surface area contributed by atoms with Crippen LogP contribution in [0.25, 0.3) is 0 Å². The van der Waals surface area contributed by atoms with Crippen LogP contribution in [0.2, 0.25) is 0 Å². The fourth-order valence-corrected chi connectivity index (χ4v) is 3.77. The summed E-state index contributed by atoms with van der Waals surface area (Å²) in [6, 6.07) is 1.13. The summed E-state index contributed by atoms with van der Waals surface area (Å²) in [4.78, 5) is 2.68. The minimum atomic E-state index is 0.440. The van der Waals surface area contributed by atoms with E-state index in [-0.39, 0.29) is 0 Å². The van der Waals surface area contributed by atoms with Crippen LogP contribution in [-0.4, -0.2) is 41.6 Å². The Hall–Kier alpha value is 0.270. The molecule has 1 aliphatic carbocycles. The number of nitrogens with zero attached hydrogens (tertiary/aromatic N) is 1. The molecule has 0 spiro atoms. The Labute approximate surface area is 98.0 Å². The topological polar surface area (TPSA) is 29.3 Å². The van der Waals surface area contributed by atoms with Gasteiger partial charge in [0.05, 0.1) is 0 Å². The number of thioether (sulfide) groups is 1. The van der Waals surface area contributed by atoms with Crippen LogP contribution >= 0.6 is 11.8 Å². The van der Waals surface area contributed by atoms with E-state index in [4.69, 9.17) is 5.73 Å². The predicted molar refractivity (Wildman–Crippen MR) is 68.4 cm³/mol. The molecule has 15 heavy (non-hydrogen) atoms. The number of hydrogen-bond acceptors (Lipinski definition) is 3. The summed E-state index contributed by atoms with van der Waals surface area (Å²) in [5.74, 6) is 2.65. The molecule has 3 heteroatoms. The fourth-order valence-electron chi connectivity index (χ4n) is 2.87. The molecule has 1 aliphatic heterocycles. The third-order valence-electron chi connectivity index (χ3n) is 3.76. The van der Waals surface area contributed by atoms with Crippen LogP contribution in [0.15, 0.2) is 0 Å². The standard InChI is InChI=1S/C12H24N2S/c13-11-5-2-1-3-6-12(11)14-7-4-9-15-10-8-14/h11-12H,1-10,13H2. The van der Waals surface area contributed by atoms with Gasteiger partial charge in [-0.05, 0) is 31.6 Å². The molecule has 88 valence electrons. The Balaban J connectivity index is 1.92. The van der Waals surface area contributed by atoms with Gasteiger partial charge in [0.25, 0.3) is 0 Å². The van der Waals surface area contributed by atoms with Crippen molar-refractivity contribution in [2.45, 2.75) is 50.6 Å². The van der Waals surface area contributed by atoms with Crippen LogP contribution in [0, 0.1) is 0 Å². The molecule has 2 unspecified atom stereocenters. The van der Waals surface area contributed by atoms with E-state index >= 15 is 0 Å². The van der Waals surface area contributed by atoms with Gasteiger partial charge in [-0.2, -0.15) is 11.8 Å². The molecule has 2 rings (SSSR count). The first-order valence-electron chi connectivity index (χ1n) is 6.45. The molecule has 2 aliphatic rings. The summed E-state index contributed by atoms with van der Waals surface area (Å²) in [6.45, 7) is 2.55. The second-order valence-corrected chi connectivity index (χ2v) is 6.10. The summed E-state index contributed by atoms with van der Waals surface area (Å²) in [5.41, 5.74) is 6.31. The molecular formula is C12H24N2S. The highest BCUT2D eigenvalue weighted by Crippen LogP contribution is 2.23. The van der Waals surface area contributed by atoms with Gasteiger partial charge in [0.1, 0.15) is 0 Å². The van der Waals surface area contributed by atoms with Crippen molar-refractivity contribution in [1.82, 2.24) is 4.90 Å². The Bertz CT molecular complexity index is 178. The molecule has 2 fully saturated rings. The molecule has 2 atom stereocenters. The zero-order chi connectivity index (χ0) is 10.5. The average molecular weight is 228 g/mol. The third-order valence-corrected chi connectivity index (χ3v) is 4.81. The van der Waals surface area contributed by atoms with E-state index in [0.29, 0.717) is 12.1 Å². The van der Waals surface area contributed by atoms with Crippen LogP contribution in [0.4, 0.5) is 0 Å². The zero-order valence-electron chi connectivity index (χ0n) is 9.66. The van der Waals surface area contributed by atoms with E-state index < -0.39 is 0 Å². The molecule has 2 nitrogen and oxygen atoms in total. The monoisotopic (exact) mass is 228 g/mol. The molecule has 0 radical (unpaired) electrons. The quantitative estimate of drug-likeness (QED) is 0.697. The summed E-state index contributed by atoms with van der Waals surface area (Å²) in [6.07, 6.45) is 8.07. The first-order chi connectivity index (χ1) is 7.38. The fraction of sp³-hybridized carbons (Fsp3) is 1.00. The summed E-state index contributed by atoms with van der Waals surface area (Å²) >= 11 is 2.11. The van der Waals surface area contributed by atoms with Gasteiger partial charge in [0, 0.05) is 24.4 Å². The maximum Gasteiger partial charge on any atom is 0.0247 e. The van der Waals surface area contributed by atoms with Crippen LogP contribution in [0.5, 0.6) is 0 Å². The molecule has 0 aromatic heterocycles. The Morgan fingerprint density at radius 2 is 1.80 bits per heavy atom. The van der Waals surface area contributed by atoms with Crippen LogP contribution in [0.3, 0.4) is 0 Å². The molecule has 0 aromatic carbocycles. The minimum Gasteiger partial charge on any atom is -0.326 e. The lowest BCUT2D eigenvalue weighted by Crippen LogP contribution is -2.48. The molecule has 1 saturated heterocycles. The second-order valence-electron chi connectivity index (χ2n) is 4.87. The van der Waals surface area contributed by atoms with E-state index in [1.165, 1.54) is 63.1 Å². The van der Waals surface area contributed by atoms with E-state index in [1.807, 2.05) is 0 Å². The maximum absolute atomic E-state index is 6.31. The summed E-state index contributed by atoms with van der Waals surface area (Å²) < 4.78 is 0. The van der Waals surface area contributed by atoms with E-state index in [0.717, 1.165) is 0 Å². The van der Waals surface area contributed by atoms with E-state index in [9.17, 15) is 0 Å². The van der Waals surface area contributed by atoms with Crippen molar-refractivity contribution in [3.63, 3.8) is 0 Å². The smallest absolute Gasteiger partial charge is 0.0247 e. The minimum absolute atomic E-state index is 0.440. The zero-order valence-corrected chi connectivity index (χ0v) is 10.5. The Morgan fingerprint density at radius 1 is 0.933 bits per heavy atom. The molecule has 1 heterocycles. The molecule has 0 aromatic rings. The van der Waals surface area contributed by atoms with Gasteiger partial charge in [-0.3, -0.25) is 4.90 Å². The van der Waals surface area contributed by atoms with E-state index in [1.54, 1.807) is 0 Å². The van der Waals surface area contributed by atoms with E-state index in [2.05, 4.69) is 16.7 Å². The number of hydrogen-bond donors (Lipinski definition) is 1. The van der Waals surface area contributed by atoms with Gasteiger partial charge in [-0.15, -0.1) is 0 Å². The van der Waals surface area contributed by atoms with Crippen molar-refractivity contribution < 1.29 is 0 Å². The summed E-state index contributed by atoms with van der Waals surface area (Å²) in [5, 5.41) is 0. The molecule has 1 saturated carbocycles. The van der Waals surface area contributed by atoms with Crippen molar-refractivity contribution >= 4 is 11.8 Å². The number of nitrogens with two attached hydrogens (primary N) is 1. The molecule has 0 amide bonds. The van der Waals surface area contributed by atoms with Gasteiger partial charge in [-0.25, -0.2) is 0 Å². The van der Waals surface area contributed by atoms with Gasteiger partial charge in [-0.1, -0.05) is 19.3 Å². The third kappa shape index (κ3) is 3.36. The molecule has 0 bridgehead atoms. The normalized spacial score (nSPS) is 35.8. The average Bonchev–Trinajstić information content (AvgIpc) is 2.59. The van der Waals surface area contributed by atoms with Crippen molar-refractivity contribution in [3.05, 3.63) is 0 Å². The lowest BCUT2D eigenvalue weighted by molar-refractivity contribution is 0.175. The maximum atomic E-state index is 6.31. The highest BCUT2D eigenvalue weighted by molar-refractivity contribution is 7.99. The molecule has 2 N–H and O–H groups in total. The lowest BCUT2D eigenvalue weighted by Gasteiger charge is -2.33. The lowest BCUT2D eigenvalue weighted by atomic mass is 10.0. The van der Waals surface area contributed by atoms with Crippen molar-refractivity contribution in [2.24, 2.45) is 5.73 Å². The van der Waals surface area contributed by atoms with Crippen LogP contribution < -0.4 is 5.73 Å². The van der Waals surface area contributed by atoms with Gasteiger partial charge < -0.3 is 5.73 Å². The Kier molecular flexibility index (Phi) is 4.79. The highest BCUT2D eigenvalue weighted by Gasteiger charge is 2.26. The largest absolute Gasteiger partial charge is 0.326 e. The van der Waals surface area contributed by atoms with Crippen LogP contribution in [0.1, 0.15) is 38.5 Å².